The van der Waals surface area contributed by atoms with E-state index in [1.165, 1.54) is 0 Å². The summed E-state index contributed by atoms with van der Waals surface area (Å²) in [6.45, 7) is 0.455. The van der Waals surface area contributed by atoms with Crippen molar-refractivity contribution in [2.45, 2.75) is 13.0 Å². The molecule has 0 bridgehead atoms. The normalized spacial score (nSPS) is 11.0. The van der Waals surface area contributed by atoms with E-state index < -0.39 is 5.91 Å². The molecule has 4 aromatic rings. The number of amides is 1. The molecule has 0 saturated heterocycles. The molecule has 4 rings (SSSR count). The van der Waals surface area contributed by atoms with Gasteiger partial charge in [-0.25, -0.2) is 0 Å². The Balaban J connectivity index is 1.47. The molecule has 1 N–H and O–H groups in total. The lowest BCUT2D eigenvalue weighted by Crippen LogP contribution is -2.13. The van der Waals surface area contributed by atoms with Crippen molar-refractivity contribution < 1.29 is 9.53 Å². The number of rotatable bonds is 8. The van der Waals surface area contributed by atoms with Gasteiger partial charge in [0.1, 0.15) is 24.0 Å². The minimum Gasteiger partial charge on any atom is -0.489 e. The second-order valence-electron chi connectivity index (χ2n) is 8.03. The van der Waals surface area contributed by atoms with Crippen LogP contribution in [0.2, 0.25) is 5.02 Å². The van der Waals surface area contributed by atoms with Crippen molar-refractivity contribution >= 4 is 45.2 Å². The average molecular weight is 558 g/mol. The van der Waals surface area contributed by atoms with E-state index in [9.17, 15) is 10.1 Å². The number of nitrogens with zero attached hydrogens (tertiary/aromatic N) is 1. The zero-order valence-corrected chi connectivity index (χ0v) is 21.6. The Bertz CT molecular complexity index is 1430. The number of nitriles is 1. The molecule has 0 spiro atoms. The highest BCUT2D eigenvalue weighted by atomic mass is 79.9. The second-order valence-corrected chi connectivity index (χ2v) is 9.36. The maximum Gasteiger partial charge on any atom is 0.266 e. The molecule has 0 heterocycles. The summed E-state index contributed by atoms with van der Waals surface area (Å²) in [5.41, 5.74) is 4.32. The van der Waals surface area contributed by atoms with Crippen molar-refractivity contribution in [2.24, 2.45) is 0 Å². The summed E-state index contributed by atoms with van der Waals surface area (Å²) in [4.78, 5) is 12.9. The van der Waals surface area contributed by atoms with Crippen molar-refractivity contribution in [1.29, 1.82) is 5.26 Å². The van der Waals surface area contributed by atoms with Crippen LogP contribution in [0.25, 0.3) is 6.08 Å². The molecule has 0 atom stereocenters. The Morgan fingerprint density at radius 3 is 2.39 bits per heavy atom. The number of anilines is 1. The summed E-state index contributed by atoms with van der Waals surface area (Å²) in [5, 5.41) is 13.2. The van der Waals surface area contributed by atoms with Gasteiger partial charge in [0.15, 0.2) is 0 Å². The third kappa shape index (κ3) is 6.85. The number of benzene rings is 4. The molecule has 0 saturated carbocycles. The molecule has 0 aliphatic rings. The Hall–Kier alpha value is -3.85. The van der Waals surface area contributed by atoms with Gasteiger partial charge >= 0.3 is 0 Å². The third-order valence-electron chi connectivity index (χ3n) is 5.47. The van der Waals surface area contributed by atoms with Crippen molar-refractivity contribution in [3.63, 3.8) is 0 Å². The average Bonchev–Trinajstić information content (AvgIpc) is 2.90. The first kappa shape index (κ1) is 25.2. The molecule has 0 aromatic heterocycles. The molecule has 0 aliphatic carbocycles. The fourth-order valence-electron chi connectivity index (χ4n) is 3.59. The van der Waals surface area contributed by atoms with E-state index in [2.05, 4.69) is 21.2 Å². The maximum atomic E-state index is 12.9. The molecule has 6 heteroatoms. The van der Waals surface area contributed by atoms with Gasteiger partial charge in [-0.15, -0.1) is 0 Å². The standard InChI is InChI=1S/C30H22BrClN2O2/c31-26-11-10-22(16-23-8-4-5-9-29(23)32)24(18-26)17-25(19-33)30(35)34-27-12-14-28(15-13-27)36-20-21-6-2-1-3-7-21/h1-15,17-18H,16,20H2,(H,34,35)/b25-17+. The minimum atomic E-state index is -0.487. The van der Waals surface area contributed by atoms with Gasteiger partial charge in [-0.05, 0) is 77.2 Å². The highest BCUT2D eigenvalue weighted by Gasteiger charge is 2.13. The van der Waals surface area contributed by atoms with Gasteiger partial charge in [0, 0.05) is 15.2 Å². The predicted octanol–water partition coefficient (Wildman–Crippen LogP) is 7.82. The zero-order chi connectivity index (χ0) is 25.3. The molecule has 0 aliphatic heterocycles. The minimum absolute atomic E-state index is 0.00193. The van der Waals surface area contributed by atoms with Gasteiger partial charge in [0.25, 0.3) is 5.91 Å². The molecule has 36 heavy (non-hydrogen) atoms. The monoisotopic (exact) mass is 556 g/mol. The summed E-state index contributed by atoms with van der Waals surface area (Å²) >= 11 is 9.83. The van der Waals surface area contributed by atoms with E-state index in [-0.39, 0.29) is 5.57 Å². The molecule has 178 valence electrons. The summed E-state index contributed by atoms with van der Waals surface area (Å²) < 4.78 is 6.64. The van der Waals surface area contributed by atoms with Crippen LogP contribution in [0.1, 0.15) is 22.3 Å². The molecule has 0 unspecified atom stereocenters. The van der Waals surface area contributed by atoms with Crippen LogP contribution in [0.3, 0.4) is 0 Å². The Morgan fingerprint density at radius 1 is 0.944 bits per heavy atom. The predicted molar refractivity (Wildman–Crippen MR) is 148 cm³/mol. The first-order valence-electron chi connectivity index (χ1n) is 11.2. The molecule has 0 fully saturated rings. The van der Waals surface area contributed by atoms with E-state index in [1.807, 2.05) is 78.9 Å². The molecular weight excluding hydrogens is 536 g/mol. The molecule has 4 aromatic carbocycles. The Labute approximate surface area is 223 Å². The number of hydrogen-bond donors (Lipinski definition) is 1. The third-order valence-corrected chi connectivity index (χ3v) is 6.33. The van der Waals surface area contributed by atoms with E-state index in [4.69, 9.17) is 16.3 Å². The van der Waals surface area contributed by atoms with E-state index >= 15 is 0 Å². The first-order chi connectivity index (χ1) is 17.5. The quantitative estimate of drug-likeness (QED) is 0.177. The van der Waals surface area contributed by atoms with Crippen LogP contribution >= 0.6 is 27.5 Å². The van der Waals surface area contributed by atoms with Gasteiger partial charge in [0.05, 0.1) is 0 Å². The fourth-order valence-corrected chi connectivity index (χ4v) is 4.17. The Morgan fingerprint density at radius 2 is 1.67 bits per heavy atom. The molecule has 0 radical (unpaired) electrons. The number of ether oxygens (including phenoxy) is 1. The lowest BCUT2D eigenvalue weighted by Gasteiger charge is -2.10. The van der Waals surface area contributed by atoms with Crippen LogP contribution in [-0.2, 0) is 17.8 Å². The van der Waals surface area contributed by atoms with Crippen LogP contribution in [0.5, 0.6) is 5.75 Å². The fraction of sp³-hybridized carbons (Fsp3) is 0.0667. The van der Waals surface area contributed by atoms with E-state index in [0.29, 0.717) is 29.5 Å². The molecular formula is C30H22BrClN2O2. The molecule has 4 nitrogen and oxygen atoms in total. The zero-order valence-electron chi connectivity index (χ0n) is 19.2. The smallest absolute Gasteiger partial charge is 0.266 e. The van der Waals surface area contributed by atoms with Crippen molar-refractivity contribution in [1.82, 2.24) is 0 Å². The van der Waals surface area contributed by atoms with E-state index in [1.54, 1.807) is 30.3 Å². The van der Waals surface area contributed by atoms with Crippen LogP contribution in [0.15, 0.2) is 107 Å². The van der Waals surface area contributed by atoms with Gasteiger partial charge in [0.2, 0.25) is 0 Å². The second kappa shape index (κ2) is 12.2. The summed E-state index contributed by atoms with van der Waals surface area (Å²) in [6, 6.07) is 32.4. The lowest BCUT2D eigenvalue weighted by molar-refractivity contribution is -0.112. The van der Waals surface area contributed by atoms with Crippen LogP contribution < -0.4 is 10.1 Å². The SMILES string of the molecule is N#C/C(=C\c1cc(Br)ccc1Cc1ccccc1Cl)C(=O)Nc1ccc(OCc2ccccc2)cc1. The highest BCUT2D eigenvalue weighted by molar-refractivity contribution is 9.10. The van der Waals surface area contributed by atoms with Gasteiger partial charge in [-0.3, -0.25) is 4.79 Å². The van der Waals surface area contributed by atoms with Crippen LogP contribution in [0.4, 0.5) is 5.69 Å². The topological polar surface area (TPSA) is 62.1 Å². The number of carbonyl (C=O) groups excluding carboxylic acids is 1. The Kier molecular flexibility index (Phi) is 8.57. The van der Waals surface area contributed by atoms with Crippen LogP contribution in [-0.4, -0.2) is 5.91 Å². The highest BCUT2D eigenvalue weighted by Crippen LogP contribution is 2.25. The van der Waals surface area contributed by atoms with Crippen molar-refractivity contribution in [3.8, 4) is 11.8 Å². The lowest BCUT2D eigenvalue weighted by atomic mass is 9.98. The number of halogens is 2. The van der Waals surface area contributed by atoms with Crippen LogP contribution in [0, 0.1) is 11.3 Å². The summed E-state index contributed by atoms with van der Waals surface area (Å²) in [5.74, 6) is 0.199. The number of hydrogen-bond acceptors (Lipinski definition) is 3. The summed E-state index contributed by atoms with van der Waals surface area (Å²) in [6.07, 6.45) is 2.17. The van der Waals surface area contributed by atoms with Gasteiger partial charge < -0.3 is 10.1 Å². The summed E-state index contributed by atoms with van der Waals surface area (Å²) in [7, 11) is 0. The van der Waals surface area contributed by atoms with E-state index in [0.717, 1.165) is 26.7 Å². The first-order valence-corrected chi connectivity index (χ1v) is 12.4. The number of nitrogens with one attached hydrogen (secondary N) is 1. The molecule has 1 amide bonds. The van der Waals surface area contributed by atoms with Crippen molar-refractivity contribution in [3.05, 3.63) is 134 Å². The van der Waals surface area contributed by atoms with Gasteiger partial charge in [-0.1, -0.05) is 82.1 Å². The maximum absolute atomic E-state index is 12.9. The van der Waals surface area contributed by atoms with Gasteiger partial charge in [-0.2, -0.15) is 5.26 Å². The van der Waals surface area contributed by atoms with Crippen molar-refractivity contribution in [2.75, 3.05) is 5.32 Å². The number of carbonyl (C=O) groups is 1. The largest absolute Gasteiger partial charge is 0.489 e.